The van der Waals surface area contributed by atoms with Gasteiger partial charge in [0.1, 0.15) is 11.5 Å². The van der Waals surface area contributed by atoms with E-state index in [1.807, 2.05) is 25.1 Å². The van der Waals surface area contributed by atoms with Crippen molar-refractivity contribution in [2.45, 2.75) is 6.92 Å². The highest BCUT2D eigenvalue weighted by molar-refractivity contribution is 7.13. The first-order chi connectivity index (χ1) is 9.15. The maximum Gasteiger partial charge on any atom is 0.146 e. The predicted molar refractivity (Wildman–Crippen MR) is 80.3 cm³/mol. The van der Waals surface area contributed by atoms with Gasteiger partial charge in [-0.25, -0.2) is 0 Å². The van der Waals surface area contributed by atoms with Gasteiger partial charge in [-0.15, -0.1) is 0 Å². The Morgan fingerprint density at radius 1 is 1.21 bits per heavy atom. The number of aromatic nitrogens is 1. The van der Waals surface area contributed by atoms with Gasteiger partial charge < -0.3 is 10.5 Å². The molecule has 1 heterocycles. The Balaban J connectivity index is 2.08. The number of nitrogens with zero attached hydrogens (tertiary/aromatic N) is 1. The van der Waals surface area contributed by atoms with E-state index in [1.165, 1.54) is 11.5 Å². The fourth-order valence-electron chi connectivity index (χ4n) is 1.91. The van der Waals surface area contributed by atoms with Gasteiger partial charge >= 0.3 is 0 Å². The Hall–Kier alpha value is -1.78. The molecule has 0 aliphatic carbocycles. The Morgan fingerprint density at radius 2 is 2.05 bits per heavy atom. The van der Waals surface area contributed by atoms with E-state index in [4.69, 9.17) is 22.1 Å². The van der Waals surface area contributed by atoms with Crippen molar-refractivity contribution in [1.29, 1.82) is 0 Å². The van der Waals surface area contributed by atoms with Gasteiger partial charge in [-0.2, -0.15) is 4.37 Å². The fourth-order valence-corrected chi connectivity index (χ4v) is 2.94. The molecule has 0 radical (unpaired) electrons. The zero-order valence-electron chi connectivity index (χ0n) is 10.2. The Kier molecular flexibility index (Phi) is 3.05. The van der Waals surface area contributed by atoms with E-state index >= 15 is 0 Å². The van der Waals surface area contributed by atoms with E-state index in [1.54, 1.807) is 18.2 Å². The van der Waals surface area contributed by atoms with Crippen LogP contribution in [0.15, 0.2) is 36.4 Å². The highest BCUT2D eigenvalue weighted by atomic mass is 35.5. The van der Waals surface area contributed by atoms with Gasteiger partial charge in [-0.1, -0.05) is 17.7 Å². The van der Waals surface area contributed by atoms with Crippen LogP contribution < -0.4 is 10.5 Å². The molecule has 0 spiro atoms. The first kappa shape index (κ1) is 12.3. The summed E-state index contributed by atoms with van der Waals surface area (Å²) in [4.78, 5) is 0. The van der Waals surface area contributed by atoms with Crippen molar-refractivity contribution in [1.82, 2.24) is 4.37 Å². The van der Waals surface area contributed by atoms with Crippen molar-refractivity contribution < 1.29 is 4.74 Å². The minimum absolute atomic E-state index is 0.498. The minimum Gasteiger partial charge on any atom is -0.455 e. The van der Waals surface area contributed by atoms with Gasteiger partial charge in [0.2, 0.25) is 0 Å². The molecular formula is C14H11ClN2OS. The molecule has 0 amide bonds. The lowest BCUT2D eigenvalue weighted by Gasteiger charge is -2.09. The zero-order valence-corrected chi connectivity index (χ0v) is 11.8. The molecule has 0 aliphatic heterocycles. The highest BCUT2D eigenvalue weighted by Crippen LogP contribution is 2.37. The molecule has 0 saturated carbocycles. The van der Waals surface area contributed by atoms with Crippen LogP contribution in [0.2, 0.25) is 5.02 Å². The first-order valence-electron chi connectivity index (χ1n) is 5.73. The normalized spacial score (nSPS) is 10.8. The van der Waals surface area contributed by atoms with Crippen LogP contribution in [0.1, 0.15) is 5.69 Å². The third kappa shape index (κ3) is 2.25. The van der Waals surface area contributed by atoms with Crippen LogP contribution in [0.5, 0.6) is 11.5 Å². The van der Waals surface area contributed by atoms with E-state index < -0.39 is 0 Å². The largest absolute Gasteiger partial charge is 0.455 e. The van der Waals surface area contributed by atoms with Gasteiger partial charge in [0.25, 0.3) is 0 Å². The SMILES string of the molecule is Cc1nsc2cccc(Oc3ccc(N)cc3Cl)c12. The number of hydrogen-bond acceptors (Lipinski definition) is 4. The van der Waals surface area contributed by atoms with Crippen LogP contribution in [-0.4, -0.2) is 4.37 Å². The minimum atomic E-state index is 0.498. The lowest BCUT2D eigenvalue weighted by molar-refractivity contribution is 0.488. The summed E-state index contributed by atoms with van der Waals surface area (Å²) in [6, 6.07) is 11.1. The summed E-state index contributed by atoms with van der Waals surface area (Å²) in [5, 5.41) is 1.53. The Morgan fingerprint density at radius 3 is 2.84 bits per heavy atom. The number of nitrogen functional groups attached to an aromatic ring is 1. The number of hydrogen-bond donors (Lipinski definition) is 1. The highest BCUT2D eigenvalue weighted by Gasteiger charge is 2.11. The summed E-state index contributed by atoms with van der Waals surface area (Å²) < 4.78 is 11.3. The van der Waals surface area contributed by atoms with E-state index in [-0.39, 0.29) is 0 Å². The molecular weight excluding hydrogens is 280 g/mol. The molecule has 1 aromatic heterocycles. The summed E-state index contributed by atoms with van der Waals surface area (Å²) in [7, 11) is 0. The summed E-state index contributed by atoms with van der Waals surface area (Å²) in [6.07, 6.45) is 0. The first-order valence-corrected chi connectivity index (χ1v) is 6.88. The molecule has 0 aliphatic rings. The number of ether oxygens (including phenoxy) is 1. The second-order valence-electron chi connectivity index (χ2n) is 4.19. The smallest absolute Gasteiger partial charge is 0.146 e. The summed E-state index contributed by atoms with van der Waals surface area (Å²) >= 11 is 7.59. The number of benzene rings is 2. The molecule has 3 aromatic rings. The van der Waals surface area contributed by atoms with Crippen molar-refractivity contribution in [2.75, 3.05) is 5.73 Å². The van der Waals surface area contributed by atoms with Gasteiger partial charge in [-0.05, 0) is 48.8 Å². The maximum atomic E-state index is 6.13. The topological polar surface area (TPSA) is 48.1 Å². The van der Waals surface area contributed by atoms with Gasteiger partial charge in [-0.3, -0.25) is 0 Å². The van der Waals surface area contributed by atoms with Crippen molar-refractivity contribution >= 4 is 38.9 Å². The molecule has 0 atom stereocenters. The molecule has 19 heavy (non-hydrogen) atoms. The third-order valence-electron chi connectivity index (χ3n) is 2.81. The standard InChI is InChI=1S/C14H11ClN2OS/c1-8-14-12(3-2-4-13(14)19-17-8)18-11-6-5-9(16)7-10(11)15/h2-7H,16H2,1H3. The molecule has 0 saturated heterocycles. The number of fused-ring (bicyclic) bond motifs is 1. The molecule has 0 bridgehead atoms. The second kappa shape index (κ2) is 4.72. The van der Waals surface area contributed by atoms with Crippen LogP contribution in [0.25, 0.3) is 10.1 Å². The van der Waals surface area contributed by atoms with Gasteiger partial charge in [0.15, 0.2) is 0 Å². The van der Waals surface area contributed by atoms with Crippen LogP contribution in [0, 0.1) is 6.92 Å². The molecule has 3 nitrogen and oxygen atoms in total. The fraction of sp³-hybridized carbons (Fsp3) is 0.0714. The van der Waals surface area contributed by atoms with E-state index in [2.05, 4.69) is 4.37 Å². The van der Waals surface area contributed by atoms with Crippen LogP contribution >= 0.6 is 23.1 Å². The van der Waals surface area contributed by atoms with E-state index in [0.29, 0.717) is 16.5 Å². The van der Waals surface area contributed by atoms with Crippen molar-refractivity contribution in [3.63, 3.8) is 0 Å². The van der Waals surface area contributed by atoms with Crippen molar-refractivity contribution in [3.8, 4) is 11.5 Å². The molecule has 3 rings (SSSR count). The molecule has 96 valence electrons. The molecule has 5 heteroatoms. The molecule has 0 unspecified atom stereocenters. The number of rotatable bonds is 2. The summed E-state index contributed by atoms with van der Waals surface area (Å²) in [5.41, 5.74) is 7.25. The van der Waals surface area contributed by atoms with Gasteiger partial charge in [0.05, 0.1) is 20.8 Å². The average molecular weight is 291 g/mol. The lowest BCUT2D eigenvalue weighted by Crippen LogP contribution is -1.89. The van der Waals surface area contributed by atoms with Crippen molar-refractivity contribution in [2.24, 2.45) is 0 Å². The van der Waals surface area contributed by atoms with E-state index in [9.17, 15) is 0 Å². The number of nitrogens with two attached hydrogens (primary N) is 1. The van der Waals surface area contributed by atoms with E-state index in [0.717, 1.165) is 21.5 Å². The summed E-state index contributed by atoms with van der Waals surface area (Å²) in [6.45, 7) is 1.97. The zero-order chi connectivity index (χ0) is 13.4. The van der Waals surface area contributed by atoms with Crippen LogP contribution in [0.4, 0.5) is 5.69 Å². The molecule has 2 aromatic carbocycles. The van der Waals surface area contributed by atoms with Gasteiger partial charge in [0, 0.05) is 5.69 Å². The summed E-state index contributed by atoms with van der Waals surface area (Å²) in [5.74, 6) is 1.35. The van der Waals surface area contributed by atoms with Crippen LogP contribution in [-0.2, 0) is 0 Å². The number of anilines is 1. The number of aryl methyl sites for hydroxylation is 1. The van der Waals surface area contributed by atoms with Crippen molar-refractivity contribution in [3.05, 3.63) is 47.1 Å². The third-order valence-corrected chi connectivity index (χ3v) is 4.00. The van der Waals surface area contributed by atoms with Crippen LogP contribution in [0.3, 0.4) is 0 Å². The molecule has 2 N–H and O–H groups in total. The maximum absolute atomic E-state index is 6.13. The second-order valence-corrected chi connectivity index (χ2v) is 5.40. The monoisotopic (exact) mass is 290 g/mol. The predicted octanol–water partition coefficient (Wildman–Crippen LogP) is 4.63. The number of halogens is 1. The Bertz CT molecular complexity index is 754. The Labute approximate surface area is 119 Å². The average Bonchev–Trinajstić information content (AvgIpc) is 2.76. The molecule has 0 fully saturated rings. The lowest BCUT2D eigenvalue weighted by atomic mass is 10.2. The quantitative estimate of drug-likeness (QED) is 0.700.